The Morgan fingerprint density at radius 2 is 1.54 bits per heavy atom. The largest absolute Gasteiger partial charge is 0.472 e. The molecule has 0 spiro atoms. The van der Waals surface area contributed by atoms with E-state index in [1.807, 2.05) is 13.8 Å². The van der Waals surface area contributed by atoms with Crippen LogP contribution in [0.5, 0.6) is 0 Å². The lowest BCUT2D eigenvalue weighted by Crippen LogP contribution is -2.38. The number of Topliss-reactive ketones (excluding diaryl/α,β-unsaturated/α-hetero) is 1. The van der Waals surface area contributed by atoms with Crippen LogP contribution in [0.15, 0.2) is 11.8 Å². The molecule has 5 heteroatoms. The van der Waals surface area contributed by atoms with Crippen molar-refractivity contribution in [2.75, 3.05) is 13.2 Å². The van der Waals surface area contributed by atoms with Crippen LogP contribution in [-0.2, 0) is 23.8 Å². The van der Waals surface area contributed by atoms with Crippen LogP contribution in [0.1, 0.15) is 79.6 Å². The molecule has 2 aliphatic heterocycles. The van der Waals surface area contributed by atoms with Crippen LogP contribution >= 0.6 is 0 Å². The van der Waals surface area contributed by atoms with E-state index in [2.05, 4.69) is 13.8 Å². The van der Waals surface area contributed by atoms with Crippen molar-refractivity contribution in [1.82, 2.24) is 0 Å². The van der Waals surface area contributed by atoms with Gasteiger partial charge in [0.1, 0.15) is 0 Å². The van der Waals surface area contributed by atoms with Gasteiger partial charge >= 0.3 is 5.97 Å². The van der Waals surface area contributed by atoms with E-state index in [9.17, 15) is 9.59 Å². The average Bonchev–Trinajstić information content (AvgIpc) is 2.97. The third-order valence-electron chi connectivity index (χ3n) is 5.38. The molecule has 0 radical (unpaired) electrons. The molecule has 1 atom stereocenters. The Bertz CT molecular complexity index is 561. The molecule has 2 heterocycles. The summed E-state index contributed by atoms with van der Waals surface area (Å²) in [5.41, 5.74) is -1.77. The fourth-order valence-electron chi connectivity index (χ4n) is 3.38. The van der Waals surface area contributed by atoms with Crippen molar-refractivity contribution in [3.8, 4) is 0 Å². The Morgan fingerprint density at radius 3 is 2.27 bits per heavy atom. The summed E-state index contributed by atoms with van der Waals surface area (Å²) in [4.78, 5) is 25.3. The van der Waals surface area contributed by atoms with Gasteiger partial charge in [-0.2, -0.15) is 0 Å². The number of rotatable bonds is 0. The van der Waals surface area contributed by atoms with Gasteiger partial charge in [0.2, 0.25) is 11.4 Å². The normalized spacial score (nSPS) is 30.7. The molecule has 2 bridgehead atoms. The summed E-state index contributed by atoms with van der Waals surface area (Å²) in [6.07, 6.45) is 7.44. The number of ether oxygens (including phenoxy) is 3. The molecule has 0 aromatic rings. The second-order valence-corrected chi connectivity index (χ2v) is 8.98. The van der Waals surface area contributed by atoms with Gasteiger partial charge in [-0.3, -0.25) is 4.79 Å². The monoisotopic (exact) mass is 366 g/mol. The second kappa shape index (κ2) is 8.12. The van der Waals surface area contributed by atoms with Crippen LogP contribution in [0.3, 0.4) is 0 Å². The highest BCUT2D eigenvalue weighted by Gasteiger charge is 2.44. The van der Waals surface area contributed by atoms with Gasteiger partial charge in [-0.15, -0.1) is 0 Å². The summed E-state index contributed by atoms with van der Waals surface area (Å²) in [6, 6.07) is 0. The molecule has 0 N–H and O–H groups in total. The topological polar surface area (TPSA) is 61.8 Å². The van der Waals surface area contributed by atoms with Gasteiger partial charge in [-0.25, -0.2) is 4.79 Å². The Hall–Kier alpha value is -1.36. The molecule has 26 heavy (non-hydrogen) atoms. The maximum Gasteiger partial charge on any atom is 0.350 e. The molecular formula is C21H34O5. The average molecular weight is 366 g/mol. The summed E-state index contributed by atoms with van der Waals surface area (Å²) >= 11 is 0. The predicted octanol–water partition coefficient (Wildman–Crippen LogP) is 4.34. The van der Waals surface area contributed by atoms with Gasteiger partial charge in [0, 0.05) is 18.4 Å². The maximum atomic E-state index is 12.9. The van der Waals surface area contributed by atoms with Crippen molar-refractivity contribution in [3.63, 3.8) is 0 Å². The zero-order chi connectivity index (χ0) is 19.4. The lowest BCUT2D eigenvalue weighted by molar-refractivity contribution is -0.164. The van der Waals surface area contributed by atoms with Crippen LogP contribution in [0.2, 0.25) is 0 Å². The molecule has 0 saturated carbocycles. The number of allylic oxidation sites excluding steroid dienone is 1. The zero-order valence-electron chi connectivity index (χ0n) is 17.0. The van der Waals surface area contributed by atoms with Crippen molar-refractivity contribution in [2.45, 2.75) is 90.8 Å². The SMILES string of the molecule is CC1(C)CCCCC(C)(C)C(=O)C2=CCC(C)(O2)C(=O)OCCCCO1. The fraction of sp³-hybridized carbons (Fsp3) is 0.810. The molecule has 2 rings (SSSR count). The first-order valence-corrected chi connectivity index (χ1v) is 9.81. The summed E-state index contributed by atoms with van der Waals surface area (Å²) in [7, 11) is 0. The third kappa shape index (κ3) is 5.32. The van der Waals surface area contributed by atoms with Crippen LogP contribution in [0, 0.1) is 5.41 Å². The van der Waals surface area contributed by atoms with Gasteiger partial charge in [0.25, 0.3) is 0 Å². The number of carbonyl (C=O) groups is 2. The third-order valence-corrected chi connectivity index (χ3v) is 5.38. The fourth-order valence-corrected chi connectivity index (χ4v) is 3.38. The molecule has 0 aromatic heterocycles. The second-order valence-electron chi connectivity index (χ2n) is 8.98. The number of cyclic esters (lactones) is 1. The van der Waals surface area contributed by atoms with E-state index in [1.165, 1.54) is 0 Å². The first-order valence-electron chi connectivity index (χ1n) is 9.81. The summed E-state index contributed by atoms with van der Waals surface area (Å²) in [6.45, 7) is 10.8. The van der Waals surface area contributed by atoms with Crippen molar-refractivity contribution in [1.29, 1.82) is 0 Å². The Balaban J connectivity index is 2.08. The van der Waals surface area contributed by atoms with Gasteiger partial charge in [0.05, 0.1) is 12.2 Å². The number of hydrogen-bond acceptors (Lipinski definition) is 5. The first kappa shape index (κ1) is 20.9. The minimum Gasteiger partial charge on any atom is -0.472 e. The van der Waals surface area contributed by atoms with Crippen LogP contribution < -0.4 is 0 Å². The van der Waals surface area contributed by atoms with Gasteiger partial charge in [0.15, 0.2) is 5.76 Å². The Morgan fingerprint density at radius 1 is 0.885 bits per heavy atom. The standard InChI is InChI=1S/C21H34O5/c1-19(2)11-6-7-12-20(3,4)25-15-9-8-14-24-18(23)21(5)13-10-16(26-21)17(19)22/h10H,6-9,11-15H2,1-5H3. The van der Waals surface area contributed by atoms with Crippen LogP contribution in [-0.4, -0.2) is 36.2 Å². The highest BCUT2D eigenvalue weighted by atomic mass is 16.6. The quantitative estimate of drug-likeness (QED) is 0.597. The molecule has 5 nitrogen and oxygen atoms in total. The highest BCUT2D eigenvalue weighted by molar-refractivity contribution is 5.99. The number of ketones is 1. The molecule has 0 aromatic carbocycles. The molecule has 148 valence electrons. The summed E-state index contributed by atoms with van der Waals surface area (Å²) in [5.74, 6) is -0.129. The lowest BCUT2D eigenvalue weighted by atomic mass is 9.81. The number of hydrogen-bond donors (Lipinski definition) is 0. The zero-order valence-corrected chi connectivity index (χ0v) is 17.0. The van der Waals surface area contributed by atoms with Crippen molar-refractivity contribution in [3.05, 3.63) is 11.8 Å². The van der Waals surface area contributed by atoms with E-state index >= 15 is 0 Å². The summed E-state index contributed by atoms with van der Waals surface area (Å²) < 4.78 is 17.1. The maximum absolute atomic E-state index is 12.9. The van der Waals surface area contributed by atoms with E-state index in [-0.39, 0.29) is 11.4 Å². The lowest BCUT2D eigenvalue weighted by Gasteiger charge is -2.28. The molecule has 1 saturated heterocycles. The Labute approximate surface area is 157 Å². The molecule has 0 amide bonds. The number of esters is 1. The smallest absolute Gasteiger partial charge is 0.350 e. The van der Waals surface area contributed by atoms with Gasteiger partial charge in [-0.1, -0.05) is 26.7 Å². The van der Waals surface area contributed by atoms with Crippen molar-refractivity contribution < 1.29 is 23.8 Å². The Kier molecular flexibility index (Phi) is 6.54. The van der Waals surface area contributed by atoms with Gasteiger partial charge < -0.3 is 14.2 Å². The van der Waals surface area contributed by atoms with Crippen molar-refractivity contribution >= 4 is 11.8 Å². The van der Waals surface area contributed by atoms with E-state index in [0.29, 0.717) is 25.4 Å². The molecule has 1 fully saturated rings. The van der Waals surface area contributed by atoms with E-state index in [1.54, 1.807) is 13.0 Å². The van der Waals surface area contributed by atoms with Gasteiger partial charge in [-0.05, 0) is 52.5 Å². The van der Waals surface area contributed by atoms with E-state index in [0.717, 1.165) is 38.5 Å². The van der Waals surface area contributed by atoms with Crippen LogP contribution in [0.4, 0.5) is 0 Å². The first-order chi connectivity index (χ1) is 12.1. The van der Waals surface area contributed by atoms with E-state index < -0.39 is 17.0 Å². The predicted molar refractivity (Wildman–Crippen MR) is 99.7 cm³/mol. The molecule has 0 aliphatic carbocycles. The minimum absolute atomic E-state index is 0.0335. The summed E-state index contributed by atoms with van der Waals surface area (Å²) in [5, 5.41) is 0. The van der Waals surface area contributed by atoms with Crippen LogP contribution in [0.25, 0.3) is 0 Å². The van der Waals surface area contributed by atoms with E-state index in [4.69, 9.17) is 14.2 Å². The molecule has 1 unspecified atom stereocenters. The van der Waals surface area contributed by atoms with Crippen molar-refractivity contribution in [2.24, 2.45) is 5.41 Å². The number of fused-ring (bicyclic) bond motifs is 2. The molecule has 2 aliphatic rings. The highest BCUT2D eigenvalue weighted by Crippen LogP contribution is 2.36. The molecular weight excluding hydrogens is 332 g/mol. The number of carbonyl (C=O) groups excluding carboxylic acids is 2. The minimum atomic E-state index is -1.09.